The number of anilines is 1. The summed E-state index contributed by atoms with van der Waals surface area (Å²) in [4.78, 5) is 27.8. The summed E-state index contributed by atoms with van der Waals surface area (Å²) in [5, 5.41) is 4.84. The fraction of sp³-hybridized carbons (Fsp3) is 0.400. The van der Waals surface area contributed by atoms with Crippen LogP contribution in [0.4, 0.5) is 5.69 Å². The number of carbonyl (C=O) groups is 2. The summed E-state index contributed by atoms with van der Waals surface area (Å²) in [6.07, 6.45) is 2.79. The number of aromatic nitrogens is 1. The quantitative estimate of drug-likeness (QED) is 0.863. The van der Waals surface area contributed by atoms with E-state index in [1.165, 1.54) is 4.88 Å². The SMILES string of the molecule is Nc1c(C(=O)N2CCCC2)nsc1C(=O)NCCc1cccs1. The van der Waals surface area contributed by atoms with Gasteiger partial charge < -0.3 is 16.0 Å². The van der Waals surface area contributed by atoms with E-state index in [2.05, 4.69) is 9.69 Å². The van der Waals surface area contributed by atoms with E-state index in [0.29, 0.717) is 11.4 Å². The Morgan fingerprint density at radius 2 is 2.13 bits per heavy atom. The summed E-state index contributed by atoms with van der Waals surface area (Å²) in [5.74, 6) is -0.439. The van der Waals surface area contributed by atoms with Crippen molar-refractivity contribution in [1.29, 1.82) is 0 Å². The van der Waals surface area contributed by atoms with E-state index in [0.717, 1.165) is 43.9 Å². The molecule has 1 saturated heterocycles. The lowest BCUT2D eigenvalue weighted by molar-refractivity contribution is 0.0789. The number of likely N-dealkylation sites (tertiary alicyclic amines) is 1. The van der Waals surface area contributed by atoms with Crippen molar-refractivity contribution in [1.82, 2.24) is 14.6 Å². The fourth-order valence-corrected chi connectivity index (χ4v) is 3.94. The maximum Gasteiger partial charge on any atom is 0.275 e. The highest BCUT2D eigenvalue weighted by atomic mass is 32.1. The first-order valence-electron chi connectivity index (χ1n) is 7.52. The monoisotopic (exact) mass is 350 g/mol. The second-order valence-electron chi connectivity index (χ2n) is 5.36. The highest BCUT2D eigenvalue weighted by Gasteiger charge is 2.27. The van der Waals surface area contributed by atoms with E-state index in [-0.39, 0.29) is 23.2 Å². The van der Waals surface area contributed by atoms with E-state index in [1.807, 2.05) is 17.5 Å². The molecule has 122 valence electrons. The Kier molecular flexibility index (Phi) is 4.92. The van der Waals surface area contributed by atoms with Gasteiger partial charge >= 0.3 is 0 Å². The third-order valence-electron chi connectivity index (χ3n) is 3.77. The Labute approximate surface area is 142 Å². The van der Waals surface area contributed by atoms with Crippen LogP contribution in [0, 0.1) is 0 Å². The minimum atomic E-state index is -0.267. The molecule has 1 fully saturated rings. The maximum atomic E-state index is 12.3. The van der Waals surface area contributed by atoms with Gasteiger partial charge in [-0.25, -0.2) is 0 Å². The Morgan fingerprint density at radius 1 is 1.35 bits per heavy atom. The van der Waals surface area contributed by atoms with Gasteiger partial charge in [0.1, 0.15) is 4.88 Å². The summed E-state index contributed by atoms with van der Waals surface area (Å²) >= 11 is 2.65. The van der Waals surface area contributed by atoms with Crippen molar-refractivity contribution in [2.45, 2.75) is 19.3 Å². The Morgan fingerprint density at radius 3 is 2.83 bits per heavy atom. The predicted octanol–water partition coefficient (Wildman–Crippen LogP) is 2.00. The smallest absolute Gasteiger partial charge is 0.275 e. The third kappa shape index (κ3) is 3.53. The molecule has 0 atom stereocenters. The van der Waals surface area contributed by atoms with Crippen molar-refractivity contribution < 1.29 is 9.59 Å². The maximum absolute atomic E-state index is 12.3. The molecule has 3 rings (SSSR count). The first-order chi connectivity index (χ1) is 11.2. The first-order valence-corrected chi connectivity index (χ1v) is 9.17. The molecule has 0 aliphatic carbocycles. The molecule has 0 unspecified atom stereocenters. The van der Waals surface area contributed by atoms with Crippen LogP contribution in [0.3, 0.4) is 0 Å². The van der Waals surface area contributed by atoms with Crippen molar-refractivity contribution in [3.05, 3.63) is 33.0 Å². The largest absolute Gasteiger partial charge is 0.395 e. The summed E-state index contributed by atoms with van der Waals surface area (Å²) in [6.45, 7) is 2.00. The van der Waals surface area contributed by atoms with Gasteiger partial charge in [0, 0.05) is 24.5 Å². The molecule has 6 nitrogen and oxygen atoms in total. The molecule has 2 amide bonds. The molecule has 0 radical (unpaired) electrons. The first kappa shape index (κ1) is 15.9. The number of hydrogen-bond acceptors (Lipinski definition) is 6. The van der Waals surface area contributed by atoms with E-state index in [9.17, 15) is 9.59 Å². The number of nitrogens with two attached hydrogens (primary N) is 1. The topological polar surface area (TPSA) is 88.3 Å². The van der Waals surface area contributed by atoms with Gasteiger partial charge in [0.25, 0.3) is 11.8 Å². The number of carbonyl (C=O) groups excluding carboxylic acids is 2. The number of hydrogen-bond donors (Lipinski definition) is 2. The van der Waals surface area contributed by atoms with Crippen LogP contribution in [0.1, 0.15) is 37.9 Å². The molecule has 2 aromatic heterocycles. The number of nitrogens with one attached hydrogen (secondary N) is 1. The van der Waals surface area contributed by atoms with Gasteiger partial charge in [0.15, 0.2) is 5.69 Å². The van der Waals surface area contributed by atoms with Crippen LogP contribution in [-0.2, 0) is 6.42 Å². The molecule has 1 aliphatic rings. The molecule has 1 aliphatic heterocycles. The van der Waals surface area contributed by atoms with Crippen molar-refractivity contribution in [3.63, 3.8) is 0 Å². The van der Waals surface area contributed by atoms with Crippen molar-refractivity contribution in [3.8, 4) is 0 Å². The third-order valence-corrected chi connectivity index (χ3v) is 5.57. The van der Waals surface area contributed by atoms with Crippen LogP contribution in [-0.4, -0.2) is 40.7 Å². The molecule has 0 bridgehead atoms. The Balaban J connectivity index is 1.61. The number of nitrogen functional groups attached to an aromatic ring is 1. The van der Waals surface area contributed by atoms with Gasteiger partial charge in [-0.2, -0.15) is 4.37 Å². The van der Waals surface area contributed by atoms with Crippen molar-refractivity contribution >= 4 is 40.4 Å². The molecule has 2 aromatic rings. The van der Waals surface area contributed by atoms with Crippen LogP contribution in [0.25, 0.3) is 0 Å². The molecule has 0 spiro atoms. The summed E-state index contributed by atoms with van der Waals surface area (Å²) in [7, 11) is 0. The second-order valence-corrected chi connectivity index (χ2v) is 7.16. The van der Waals surface area contributed by atoms with Crippen LogP contribution in [0.5, 0.6) is 0 Å². The average molecular weight is 350 g/mol. The standard InChI is InChI=1S/C15H18N4O2S2/c16-11-12(15(21)19-7-1-2-8-19)18-23-13(11)14(20)17-6-5-10-4-3-9-22-10/h3-4,9H,1-2,5-8,16H2,(H,17,20). The molecule has 0 aromatic carbocycles. The van der Waals surface area contributed by atoms with Gasteiger partial charge in [0.05, 0.1) is 5.69 Å². The van der Waals surface area contributed by atoms with Crippen LogP contribution in [0.15, 0.2) is 17.5 Å². The van der Waals surface area contributed by atoms with Gasteiger partial charge in [-0.15, -0.1) is 11.3 Å². The zero-order chi connectivity index (χ0) is 16.2. The lowest BCUT2D eigenvalue weighted by atomic mass is 10.2. The van der Waals surface area contributed by atoms with Crippen LogP contribution >= 0.6 is 22.9 Å². The number of thiophene rings is 1. The van der Waals surface area contributed by atoms with Gasteiger partial charge in [-0.3, -0.25) is 9.59 Å². The minimum absolute atomic E-state index is 0.172. The normalized spacial score (nSPS) is 14.2. The molecular weight excluding hydrogens is 332 g/mol. The predicted molar refractivity (Wildman–Crippen MR) is 92.0 cm³/mol. The molecule has 3 N–H and O–H groups in total. The Bertz CT molecular complexity index is 690. The van der Waals surface area contributed by atoms with Gasteiger partial charge in [-0.05, 0) is 42.2 Å². The fourth-order valence-electron chi connectivity index (χ4n) is 2.52. The van der Waals surface area contributed by atoms with Crippen molar-refractivity contribution in [2.24, 2.45) is 0 Å². The van der Waals surface area contributed by atoms with Gasteiger partial charge in [-0.1, -0.05) is 6.07 Å². The van der Waals surface area contributed by atoms with Crippen molar-refractivity contribution in [2.75, 3.05) is 25.4 Å². The minimum Gasteiger partial charge on any atom is -0.395 e. The summed E-state index contributed by atoms with van der Waals surface area (Å²) < 4.78 is 4.11. The molecule has 3 heterocycles. The van der Waals surface area contributed by atoms with E-state index in [1.54, 1.807) is 16.2 Å². The van der Waals surface area contributed by atoms with E-state index < -0.39 is 0 Å². The highest BCUT2D eigenvalue weighted by Crippen LogP contribution is 2.24. The lowest BCUT2D eigenvalue weighted by Crippen LogP contribution is -2.29. The number of nitrogens with zero attached hydrogens (tertiary/aromatic N) is 2. The summed E-state index contributed by atoms with van der Waals surface area (Å²) in [5.41, 5.74) is 6.38. The molecule has 0 saturated carbocycles. The van der Waals surface area contributed by atoms with E-state index in [4.69, 9.17) is 5.73 Å². The second kappa shape index (κ2) is 7.10. The van der Waals surface area contributed by atoms with E-state index >= 15 is 0 Å². The zero-order valence-electron chi connectivity index (χ0n) is 12.6. The molecule has 8 heteroatoms. The number of rotatable bonds is 5. The summed E-state index contributed by atoms with van der Waals surface area (Å²) in [6, 6.07) is 4.02. The van der Waals surface area contributed by atoms with Crippen LogP contribution < -0.4 is 11.1 Å². The van der Waals surface area contributed by atoms with Gasteiger partial charge in [0.2, 0.25) is 0 Å². The Hall–Kier alpha value is -1.93. The average Bonchev–Trinajstić information content (AvgIpc) is 3.28. The highest BCUT2D eigenvalue weighted by molar-refractivity contribution is 7.10. The number of amides is 2. The lowest BCUT2D eigenvalue weighted by Gasteiger charge is -2.13. The zero-order valence-corrected chi connectivity index (χ0v) is 14.2. The van der Waals surface area contributed by atoms with Crippen LogP contribution in [0.2, 0.25) is 0 Å². The molecule has 23 heavy (non-hydrogen) atoms. The molecular formula is C15H18N4O2S2.